The zero-order valence-corrected chi connectivity index (χ0v) is 8.25. The van der Waals surface area contributed by atoms with E-state index in [2.05, 4.69) is 10.3 Å². The maximum absolute atomic E-state index is 10.5. The average molecular weight is 204 g/mol. The minimum Gasteiger partial charge on any atom is -0.550 e. The lowest BCUT2D eigenvalue weighted by atomic mass is 10.2. The third-order valence-corrected chi connectivity index (χ3v) is 2.26. The minimum absolute atomic E-state index is 0.0621. The van der Waals surface area contributed by atoms with Gasteiger partial charge in [-0.2, -0.15) is 0 Å². The first kappa shape index (κ1) is 9.64. The van der Waals surface area contributed by atoms with Gasteiger partial charge in [-0.25, -0.2) is 4.68 Å². The fourth-order valence-corrected chi connectivity index (χ4v) is 1.54. The van der Waals surface area contributed by atoms with Crippen molar-refractivity contribution < 1.29 is 9.90 Å². The molecule has 1 aromatic heterocycles. The van der Waals surface area contributed by atoms with Crippen molar-refractivity contribution >= 4 is 17.0 Å². The molecule has 15 heavy (non-hydrogen) atoms. The Morgan fingerprint density at radius 2 is 2.27 bits per heavy atom. The molecule has 0 aliphatic rings. The first-order valence-corrected chi connectivity index (χ1v) is 4.68. The van der Waals surface area contributed by atoms with Crippen molar-refractivity contribution in [2.75, 3.05) is 0 Å². The van der Waals surface area contributed by atoms with Gasteiger partial charge in [0, 0.05) is 12.4 Å². The molecule has 1 heterocycles. The van der Waals surface area contributed by atoms with Gasteiger partial charge in [0.1, 0.15) is 5.52 Å². The van der Waals surface area contributed by atoms with E-state index in [1.165, 1.54) is 0 Å². The summed E-state index contributed by atoms with van der Waals surface area (Å²) in [6.07, 6.45) is -0.0621. The van der Waals surface area contributed by atoms with Crippen LogP contribution < -0.4 is 5.11 Å². The van der Waals surface area contributed by atoms with Crippen molar-refractivity contribution in [2.45, 2.75) is 19.4 Å². The van der Waals surface area contributed by atoms with Crippen molar-refractivity contribution in [1.82, 2.24) is 15.0 Å². The van der Waals surface area contributed by atoms with Crippen molar-refractivity contribution in [3.63, 3.8) is 0 Å². The van der Waals surface area contributed by atoms with E-state index in [1.54, 1.807) is 11.6 Å². The number of nitrogens with zero attached hydrogens (tertiary/aromatic N) is 3. The first-order chi connectivity index (χ1) is 7.18. The molecule has 0 saturated heterocycles. The van der Waals surface area contributed by atoms with Crippen LogP contribution >= 0.6 is 0 Å². The number of rotatable bonds is 3. The molecule has 0 aliphatic carbocycles. The predicted octanol–water partition coefficient (Wildman–Crippen LogP) is 0.132. The zero-order valence-electron chi connectivity index (χ0n) is 8.25. The number of carboxylic acid groups (broad SMARTS) is 1. The normalized spacial score (nSPS) is 12.9. The van der Waals surface area contributed by atoms with E-state index < -0.39 is 5.97 Å². The number of carbonyl (C=O) groups is 1. The summed E-state index contributed by atoms with van der Waals surface area (Å²) in [5.74, 6) is -1.08. The summed E-state index contributed by atoms with van der Waals surface area (Å²) in [4.78, 5) is 10.5. The molecule has 0 N–H and O–H groups in total. The molecule has 0 bridgehead atoms. The molecular formula is C10H10N3O2-. The van der Waals surface area contributed by atoms with Crippen LogP contribution in [-0.4, -0.2) is 21.0 Å². The largest absolute Gasteiger partial charge is 0.550 e. The van der Waals surface area contributed by atoms with Gasteiger partial charge < -0.3 is 9.90 Å². The van der Waals surface area contributed by atoms with Gasteiger partial charge in [-0.3, -0.25) is 0 Å². The number of hydrogen-bond acceptors (Lipinski definition) is 4. The van der Waals surface area contributed by atoms with Crippen LogP contribution in [0.2, 0.25) is 0 Å². The second-order valence-electron chi connectivity index (χ2n) is 3.45. The van der Waals surface area contributed by atoms with Crippen molar-refractivity contribution in [2.24, 2.45) is 0 Å². The van der Waals surface area contributed by atoms with Gasteiger partial charge in [0.2, 0.25) is 0 Å². The van der Waals surface area contributed by atoms with Gasteiger partial charge in [-0.15, -0.1) is 5.10 Å². The fourth-order valence-electron chi connectivity index (χ4n) is 1.54. The Kier molecular flexibility index (Phi) is 2.37. The summed E-state index contributed by atoms with van der Waals surface area (Å²) in [5.41, 5.74) is 1.61. The average Bonchev–Trinajstić information content (AvgIpc) is 2.59. The van der Waals surface area contributed by atoms with Crippen LogP contribution in [0.5, 0.6) is 0 Å². The van der Waals surface area contributed by atoms with E-state index >= 15 is 0 Å². The van der Waals surface area contributed by atoms with Crippen LogP contribution in [-0.2, 0) is 4.79 Å². The summed E-state index contributed by atoms with van der Waals surface area (Å²) >= 11 is 0. The Labute approximate surface area is 86.3 Å². The lowest BCUT2D eigenvalue weighted by molar-refractivity contribution is -0.306. The number of fused-ring (bicyclic) bond motifs is 1. The van der Waals surface area contributed by atoms with E-state index in [-0.39, 0.29) is 12.5 Å². The molecule has 5 heteroatoms. The number of carboxylic acids is 1. The Balaban J connectivity index is 2.39. The summed E-state index contributed by atoms with van der Waals surface area (Å²) in [7, 11) is 0. The summed E-state index contributed by atoms with van der Waals surface area (Å²) < 4.78 is 1.60. The highest BCUT2D eigenvalue weighted by Gasteiger charge is 2.10. The molecule has 0 amide bonds. The second kappa shape index (κ2) is 3.68. The summed E-state index contributed by atoms with van der Waals surface area (Å²) in [6, 6.07) is 7.19. The molecule has 2 aromatic rings. The van der Waals surface area contributed by atoms with Gasteiger partial charge in [0.15, 0.2) is 0 Å². The monoisotopic (exact) mass is 204 g/mol. The van der Waals surface area contributed by atoms with Crippen LogP contribution in [0, 0.1) is 0 Å². The highest BCUT2D eigenvalue weighted by Crippen LogP contribution is 2.16. The van der Waals surface area contributed by atoms with Crippen LogP contribution in [0.1, 0.15) is 19.4 Å². The van der Waals surface area contributed by atoms with Crippen LogP contribution in [0.25, 0.3) is 11.0 Å². The number of carbonyl (C=O) groups excluding carboxylic acids is 1. The maximum atomic E-state index is 10.5. The quantitative estimate of drug-likeness (QED) is 0.712. The molecule has 1 atom stereocenters. The molecule has 0 saturated carbocycles. The van der Waals surface area contributed by atoms with Crippen LogP contribution in [0.15, 0.2) is 24.3 Å². The minimum atomic E-state index is -1.08. The lowest BCUT2D eigenvalue weighted by Crippen LogP contribution is -2.25. The van der Waals surface area contributed by atoms with Gasteiger partial charge in [0.25, 0.3) is 0 Å². The van der Waals surface area contributed by atoms with Crippen LogP contribution in [0.3, 0.4) is 0 Å². The molecule has 1 aromatic carbocycles. The van der Waals surface area contributed by atoms with E-state index in [0.717, 1.165) is 11.0 Å². The maximum Gasteiger partial charge on any atom is 0.113 e. The molecule has 0 fully saturated rings. The smallest absolute Gasteiger partial charge is 0.113 e. The van der Waals surface area contributed by atoms with E-state index in [1.807, 2.05) is 24.3 Å². The SMILES string of the molecule is C[C@H](CC(=O)[O-])n1nnc2ccccc21. The molecule has 0 spiro atoms. The molecule has 78 valence electrons. The topological polar surface area (TPSA) is 70.8 Å². The van der Waals surface area contributed by atoms with E-state index in [0.29, 0.717) is 0 Å². The van der Waals surface area contributed by atoms with Gasteiger partial charge in [-0.05, 0) is 19.1 Å². The summed E-state index contributed by atoms with van der Waals surface area (Å²) in [5, 5.41) is 18.3. The van der Waals surface area contributed by atoms with Gasteiger partial charge in [0.05, 0.1) is 11.6 Å². The predicted molar refractivity (Wildman–Crippen MR) is 51.9 cm³/mol. The second-order valence-corrected chi connectivity index (χ2v) is 3.45. The van der Waals surface area contributed by atoms with Crippen LogP contribution in [0.4, 0.5) is 0 Å². The highest BCUT2D eigenvalue weighted by atomic mass is 16.4. The Hall–Kier alpha value is -1.91. The van der Waals surface area contributed by atoms with Gasteiger partial charge in [-0.1, -0.05) is 17.3 Å². The van der Waals surface area contributed by atoms with Crippen molar-refractivity contribution in [3.8, 4) is 0 Å². The summed E-state index contributed by atoms with van der Waals surface area (Å²) in [6.45, 7) is 1.77. The van der Waals surface area contributed by atoms with Crippen molar-refractivity contribution in [1.29, 1.82) is 0 Å². The first-order valence-electron chi connectivity index (χ1n) is 4.68. The molecule has 2 rings (SSSR count). The number of para-hydroxylation sites is 1. The third kappa shape index (κ3) is 1.81. The molecule has 0 unspecified atom stereocenters. The van der Waals surface area contributed by atoms with Gasteiger partial charge >= 0.3 is 0 Å². The lowest BCUT2D eigenvalue weighted by Gasteiger charge is -2.12. The number of aromatic nitrogens is 3. The highest BCUT2D eigenvalue weighted by molar-refractivity contribution is 5.74. The third-order valence-electron chi connectivity index (χ3n) is 2.26. The number of aliphatic carboxylic acids is 1. The Morgan fingerprint density at radius 1 is 1.53 bits per heavy atom. The molecule has 0 radical (unpaired) electrons. The number of hydrogen-bond donors (Lipinski definition) is 0. The number of benzene rings is 1. The molecule has 5 nitrogen and oxygen atoms in total. The molecule has 0 aliphatic heterocycles. The standard InChI is InChI=1S/C10H11N3O2/c1-7(6-10(14)15)13-9-5-3-2-4-8(9)11-12-13/h2-5,7H,6H2,1H3,(H,14,15)/p-1/t7-/m1/s1. The van der Waals surface area contributed by atoms with E-state index in [9.17, 15) is 9.90 Å². The Morgan fingerprint density at radius 3 is 3.00 bits per heavy atom. The molecular weight excluding hydrogens is 194 g/mol. The zero-order chi connectivity index (χ0) is 10.8. The van der Waals surface area contributed by atoms with Crippen molar-refractivity contribution in [3.05, 3.63) is 24.3 Å². The van der Waals surface area contributed by atoms with E-state index in [4.69, 9.17) is 0 Å². The Bertz CT molecular complexity index is 492. The fraction of sp³-hybridized carbons (Fsp3) is 0.300.